The van der Waals surface area contributed by atoms with Gasteiger partial charge in [-0.3, -0.25) is 4.98 Å². The number of benzene rings is 2. The third-order valence-electron chi connectivity index (χ3n) is 6.39. The molecule has 39 heavy (non-hydrogen) atoms. The minimum atomic E-state index is -3.93. The molecule has 0 radical (unpaired) electrons. The molecule has 0 saturated carbocycles. The minimum Gasteiger partial charge on any atom is -0.497 e. The van der Waals surface area contributed by atoms with Crippen LogP contribution >= 0.6 is 0 Å². The average Bonchev–Trinajstić information content (AvgIpc) is 2.94. The fourth-order valence-corrected chi connectivity index (χ4v) is 5.88. The van der Waals surface area contributed by atoms with Crippen LogP contribution in [-0.4, -0.2) is 68.3 Å². The van der Waals surface area contributed by atoms with E-state index in [1.165, 1.54) is 23.5 Å². The van der Waals surface area contributed by atoms with Crippen molar-refractivity contribution in [2.75, 3.05) is 27.2 Å². The van der Waals surface area contributed by atoms with Crippen molar-refractivity contribution in [3.05, 3.63) is 90.3 Å². The zero-order chi connectivity index (χ0) is 28.4. The summed E-state index contributed by atoms with van der Waals surface area (Å²) in [5, 5.41) is 11.5. The van der Waals surface area contributed by atoms with E-state index >= 15 is 0 Å². The predicted molar refractivity (Wildman–Crippen MR) is 148 cm³/mol. The van der Waals surface area contributed by atoms with Gasteiger partial charge >= 0.3 is 6.09 Å². The largest absolute Gasteiger partial charge is 0.514 e. The van der Waals surface area contributed by atoms with E-state index in [0.29, 0.717) is 17.1 Å². The highest BCUT2D eigenvalue weighted by Gasteiger charge is 2.37. The second kappa shape index (κ2) is 14.2. The maximum absolute atomic E-state index is 13.6. The van der Waals surface area contributed by atoms with E-state index in [0.717, 1.165) is 11.1 Å². The van der Waals surface area contributed by atoms with E-state index < -0.39 is 28.3 Å². The van der Waals surface area contributed by atoms with Crippen LogP contribution in [0.1, 0.15) is 25.0 Å². The van der Waals surface area contributed by atoms with Gasteiger partial charge in [-0.25, -0.2) is 13.3 Å². The molecule has 0 aliphatic rings. The third-order valence-corrected chi connectivity index (χ3v) is 8.24. The Morgan fingerprint density at radius 2 is 1.67 bits per heavy atom. The van der Waals surface area contributed by atoms with Crippen molar-refractivity contribution in [1.82, 2.24) is 9.29 Å². The van der Waals surface area contributed by atoms with Crippen LogP contribution in [-0.2, 0) is 27.8 Å². The number of nitrogens with zero attached hydrogens (tertiary/aromatic N) is 2. The van der Waals surface area contributed by atoms with Crippen LogP contribution in [0.15, 0.2) is 84.0 Å². The van der Waals surface area contributed by atoms with Crippen molar-refractivity contribution >= 4 is 16.1 Å². The van der Waals surface area contributed by atoms with E-state index in [2.05, 4.69) is 4.98 Å². The number of amides is 1. The van der Waals surface area contributed by atoms with Crippen molar-refractivity contribution < 1.29 is 32.7 Å². The zero-order valence-electron chi connectivity index (χ0n) is 22.9. The summed E-state index contributed by atoms with van der Waals surface area (Å²) in [5.41, 5.74) is 1.65. The lowest BCUT2D eigenvalue weighted by molar-refractivity contribution is -0.835. The van der Waals surface area contributed by atoms with Crippen molar-refractivity contribution in [3.8, 4) is 5.75 Å². The molecule has 9 nitrogen and oxygen atoms in total. The summed E-state index contributed by atoms with van der Waals surface area (Å²) in [6.07, 6.45) is 1.88. The highest BCUT2D eigenvalue weighted by atomic mass is 32.2. The third kappa shape index (κ3) is 8.59. The van der Waals surface area contributed by atoms with Gasteiger partial charge in [0.05, 0.1) is 19.1 Å². The van der Waals surface area contributed by atoms with E-state index in [1.807, 2.05) is 44.2 Å². The van der Waals surface area contributed by atoms with Gasteiger partial charge in [0.25, 0.3) is 0 Å². The topological polar surface area (TPSA) is 110 Å². The number of sulfonamides is 1. The fourth-order valence-electron chi connectivity index (χ4n) is 4.25. The van der Waals surface area contributed by atoms with Gasteiger partial charge in [-0.2, -0.15) is 9.10 Å². The van der Waals surface area contributed by atoms with Crippen LogP contribution in [0, 0.1) is 5.92 Å². The summed E-state index contributed by atoms with van der Waals surface area (Å²) < 4.78 is 39.2. The maximum atomic E-state index is 13.6. The molecule has 1 amide bonds. The average molecular weight is 557 g/mol. The van der Waals surface area contributed by atoms with Crippen LogP contribution < -0.4 is 9.64 Å². The molecule has 210 valence electrons. The van der Waals surface area contributed by atoms with Crippen molar-refractivity contribution in [2.24, 2.45) is 5.92 Å². The lowest BCUT2D eigenvalue weighted by Gasteiger charge is -2.31. The number of aliphatic hydroxyl groups is 1. The summed E-state index contributed by atoms with van der Waals surface area (Å²) in [7, 11) is -0.785. The molecule has 0 aliphatic heterocycles. The Morgan fingerprint density at radius 1 is 1.00 bits per heavy atom. The highest BCUT2D eigenvalue weighted by Crippen LogP contribution is 2.21. The normalized spacial score (nSPS) is 14.1. The van der Waals surface area contributed by atoms with Crippen LogP contribution in [0.5, 0.6) is 5.75 Å². The van der Waals surface area contributed by atoms with Crippen molar-refractivity contribution in [3.63, 3.8) is 0 Å². The van der Waals surface area contributed by atoms with Gasteiger partial charge in [-0.05, 0) is 41.8 Å². The molecule has 0 saturated heterocycles. The first kappa shape index (κ1) is 30.2. The van der Waals surface area contributed by atoms with Gasteiger partial charge in [-0.1, -0.05) is 50.2 Å². The SMILES string of the molecule is COc1ccc(S(=O)(=O)N(CC(C)C)C[C@@H](O)[C@H](Cc2ccccc2)[NH+](C)C(=O)OCc2cccnc2)cc1. The first-order valence-corrected chi connectivity index (χ1v) is 14.3. The Kier molecular flexibility index (Phi) is 11.0. The summed E-state index contributed by atoms with van der Waals surface area (Å²) in [6, 6.07) is 18.5. The number of quaternary nitrogens is 1. The second-order valence-electron chi connectivity index (χ2n) is 9.88. The molecular weight excluding hydrogens is 518 g/mol. The molecule has 3 atom stereocenters. The fraction of sp³-hybridized carbons (Fsp3) is 0.379. The van der Waals surface area contributed by atoms with E-state index in [1.54, 1.807) is 43.7 Å². The van der Waals surface area contributed by atoms with Gasteiger partial charge in [0.2, 0.25) is 10.0 Å². The first-order chi connectivity index (χ1) is 18.6. The molecule has 0 aliphatic carbocycles. The predicted octanol–water partition coefficient (Wildman–Crippen LogP) is 2.56. The second-order valence-corrected chi connectivity index (χ2v) is 11.8. The number of aromatic nitrogens is 1. The molecular formula is C29H38N3O6S+. The smallest absolute Gasteiger partial charge is 0.497 e. The maximum Gasteiger partial charge on any atom is 0.514 e. The summed E-state index contributed by atoms with van der Waals surface area (Å²) in [5.74, 6) is 0.551. The molecule has 3 aromatic rings. The number of methoxy groups -OCH3 is 1. The van der Waals surface area contributed by atoms with Crippen molar-refractivity contribution in [2.45, 2.75) is 43.9 Å². The number of nitrogens with one attached hydrogen (secondary N) is 1. The molecule has 10 heteroatoms. The van der Waals surface area contributed by atoms with Gasteiger partial charge in [0, 0.05) is 37.5 Å². The number of rotatable bonds is 13. The highest BCUT2D eigenvalue weighted by molar-refractivity contribution is 7.89. The standard InChI is InChI=1S/C29H37N3O6S/c1-22(2)19-32(39(35,36)26-14-12-25(37-4)13-15-26)20-28(33)27(17-23-9-6-5-7-10-23)31(3)29(34)38-21-24-11-8-16-30-18-24/h5-16,18,22,27-28,33H,17,19-21H2,1-4H3/p+1/t27-,28+/m0/s1. The Hall–Kier alpha value is -3.31. The lowest BCUT2D eigenvalue weighted by atomic mass is 10.00. The van der Waals surface area contributed by atoms with Crippen LogP contribution in [0.4, 0.5) is 4.79 Å². The molecule has 0 fully saturated rings. The quantitative estimate of drug-likeness (QED) is 0.333. The molecule has 1 unspecified atom stereocenters. The number of pyridine rings is 1. The van der Waals surface area contributed by atoms with E-state index in [4.69, 9.17) is 9.47 Å². The van der Waals surface area contributed by atoms with Gasteiger partial charge in [0.15, 0.2) is 0 Å². The van der Waals surface area contributed by atoms with Crippen LogP contribution in [0.25, 0.3) is 0 Å². The monoisotopic (exact) mass is 556 g/mol. The number of carbonyl (C=O) groups excluding carboxylic acids is 1. The molecule has 1 aromatic heterocycles. The number of carbonyl (C=O) groups is 1. The van der Waals surface area contributed by atoms with Crippen LogP contribution in [0.2, 0.25) is 0 Å². The number of likely N-dealkylation sites (N-methyl/N-ethyl adjacent to an activating group) is 1. The van der Waals surface area contributed by atoms with Crippen LogP contribution in [0.3, 0.4) is 0 Å². The minimum absolute atomic E-state index is 0.00678. The first-order valence-electron chi connectivity index (χ1n) is 12.9. The molecule has 0 bridgehead atoms. The number of alkyl carbamates (subject to hydrolysis) is 2. The van der Waals surface area contributed by atoms with Gasteiger partial charge < -0.3 is 14.6 Å². The molecule has 1 heterocycles. The summed E-state index contributed by atoms with van der Waals surface area (Å²) >= 11 is 0. The Bertz CT molecular complexity index is 1270. The van der Waals surface area contributed by atoms with Gasteiger partial charge in [-0.15, -0.1) is 0 Å². The summed E-state index contributed by atoms with van der Waals surface area (Å²) in [4.78, 5) is 17.5. The summed E-state index contributed by atoms with van der Waals surface area (Å²) in [6.45, 7) is 3.89. The molecule has 2 aromatic carbocycles. The number of hydrogen-bond acceptors (Lipinski definition) is 7. The Balaban J connectivity index is 1.84. The zero-order valence-corrected chi connectivity index (χ0v) is 23.7. The Morgan fingerprint density at radius 3 is 2.26 bits per heavy atom. The molecule has 3 rings (SSSR count). The number of hydrogen-bond donors (Lipinski definition) is 2. The Labute approximate surface area is 231 Å². The molecule has 2 N–H and O–H groups in total. The van der Waals surface area contributed by atoms with E-state index in [-0.39, 0.29) is 30.5 Å². The lowest BCUT2D eigenvalue weighted by Crippen LogP contribution is -3.17. The van der Waals surface area contributed by atoms with Gasteiger partial charge in [0.1, 0.15) is 24.5 Å². The van der Waals surface area contributed by atoms with Crippen molar-refractivity contribution in [1.29, 1.82) is 0 Å². The van der Waals surface area contributed by atoms with E-state index in [9.17, 15) is 18.3 Å². The molecule has 0 spiro atoms. The number of ether oxygens (including phenoxy) is 2. The number of aliphatic hydroxyl groups excluding tert-OH is 1.